The van der Waals surface area contributed by atoms with Crippen LogP contribution in [0.25, 0.3) is 0 Å². The van der Waals surface area contributed by atoms with Crippen molar-refractivity contribution in [3.05, 3.63) is 17.4 Å². The summed E-state index contributed by atoms with van der Waals surface area (Å²) < 4.78 is 1.79. The SMILES string of the molecule is OC1(CNCCn2cc(Cl)cn2)CCCNC1. The van der Waals surface area contributed by atoms with Crippen LogP contribution in [0.3, 0.4) is 0 Å². The van der Waals surface area contributed by atoms with Gasteiger partial charge < -0.3 is 15.7 Å². The first-order valence-electron chi connectivity index (χ1n) is 6.00. The van der Waals surface area contributed by atoms with Crippen LogP contribution >= 0.6 is 11.6 Å². The van der Waals surface area contributed by atoms with Gasteiger partial charge in [0.05, 0.1) is 23.4 Å². The van der Waals surface area contributed by atoms with Crippen LogP contribution in [0, 0.1) is 0 Å². The van der Waals surface area contributed by atoms with Gasteiger partial charge in [0.15, 0.2) is 0 Å². The Bertz CT molecular complexity index is 349. The third kappa shape index (κ3) is 3.96. The number of nitrogens with zero attached hydrogens (tertiary/aromatic N) is 2. The molecule has 0 radical (unpaired) electrons. The summed E-state index contributed by atoms with van der Waals surface area (Å²) in [6.07, 6.45) is 5.31. The molecule has 2 heterocycles. The molecule has 0 aliphatic carbocycles. The van der Waals surface area contributed by atoms with Crippen molar-refractivity contribution in [1.82, 2.24) is 20.4 Å². The smallest absolute Gasteiger partial charge is 0.0895 e. The molecule has 1 aromatic rings. The highest BCUT2D eigenvalue weighted by atomic mass is 35.5. The molecular formula is C11H19ClN4O. The molecule has 0 bridgehead atoms. The number of piperidine rings is 1. The van der Waals surface area contributed by atoms with E-state index >= 15 is 0 Å². The van der Waals surface area contributed by atoms with E-state index in [9.17, 15) is 5.11 Å². The van der Waals surface area contributed by atoms with Crippen molar-refractivity contribution in [2.75, 3.05) is 26.2 Å². The van der Waals surface area contributed by atoms with Crippen LogP contribution in [0.15, 0.2) is 12.4 Å². The molecule has 17 heavy (non-hydrogen) atoms. The van der Waals surface area contributed by atoms with E-state index in [2.05, 4.69) is 15.7 Å². The second kappa shape index (κ2) is 5.82. The first-order chi connectivity index (χ1) is 8.18. The van der Waals surface area contributed by atoms with Crippen molar-refractivity contribution in [2.45, 2.75) is 25.0 Å². The largest absolute Gasteiger partial charge is 0.387 e. The Hall–Kier alpha value is -0.620. The van der Waals surface area contributed by atoms with Gasteiger partial charge in [-0.25, -0.2) is 0 Å². The summed E-state index contributed by atoms with van der Waals surface area (Å²) >= 11 is 5.77. The van der Waals surface area contributed by atoms with Crippen LogP contribution in [0.4, 0.5) is 0 Å². The van der Waals surface area contributed by atoms with Crippen molar-refractivity contribution in [1.29, 1.82) is 0 Å². The molecule has 6 heteroatoms. The number of aliphatic hydroxyl groups is 1. The zero-order valence-corrected chi connectivity index (χ0v) is 10.6. The van der Waals surface area contributed by atoms with Crippen LogP contribution in [-0.4, -0.2) is 46.7 Å². The Morgan fingerprint density at radius 3 is 3.18 bits per heavy atom. The van der Waals surface area contributed by atoms with E-state index in [1.165, 1.54) is 0 Å². The fraction of sp³-hybridized carbons (Fsp3) is 0.727. The topological polar surface area (TPSA) is 62.1 Å². The third-order valence-corrected chi connectivity index (χ3v) is 3.22. The lowest BCUT2D eigenvalue weighted by molar-refractivity contribution is 0.0171. The molecular weight excluding hydrogens is 240 g/mol. The molecule has 0 saturated carbocycles. The van der Waals surface area contributed by atoms with Crippen molar-refractivity contribution in [2.24, 2.45) is 0 Å². The zero-order valence-electron chi connectivity index (χ0n) is 9.82. The summed E-state index contributed by atoms with van der Waals surface area (Å²) in [6, 6.07) is 0. The van der Waals surface area contributed by atoms with Crippen molar-refractivity contribution >= 4 is 11.6 Å². The van der Waals surface area contributed by atoms with Gasteiger partial charge in [0.1, 0.15) is 0 Å². The normalized spacial score (nSPS) is 25.1. The van der Waals surface area contributed by atoms with Gasteiger partial charge in [-0.1, -0.05) is 11.6 Å². The molecule has 0 aromatic carbocycles. The summed E-state index contributed by atoms with van der Waals surface area (Å²) in [5.74, 6) is 0. The standard InChI is InChI=1S/C11H19ClN4O/c12-10-6-15-16(7-10)5-4-14-9-11(17)2-1-3-13-8-11/h6-7,13-14,17H,1-5,8-9H2. The maximum absolute atomic E-state index is 10.2. The van der Waals surface area contributed by atoms with Crippen LogP contribution < -0.4 is 10.6 Å². The minimum atomic E-state index is -0.597. The molecule has 1 atom stereocenters. The first kappa shape index (κ1) is 12.8. The van der Waals surface area contributed by atoms with Crippen LogP contribution in [0.2, 0.25) is 5.02 Å². The van der Waals surface area contributed by atoms with Gasteiger partial charge in [0.25, 0.3) is 0 Å². The van der Waals surface area contributed by atoms with E-state index < -0.39 is 5.60 Å². The number of hydrogen-bond donors (Lipinski definition) is 3. The van der Waals surface area contributed by atoms with Gasteiger partial charge in [-0.3, -0.25) is 4.68 Å². The molecule has 1 aromatic heterocycles. The van der Waals surface area contributed by atoms with E-state index in [1.807, 2.05) is 0 Å². The van der Waals surface area contributed by atoms with Crippen molar-refractivity contribution in [3.8, 4) is 0 Å². The molecule has 1 unspecified atom stereocenters. The summed E-state index contributed by atoms with van der Waals surface area (Å²) in [7, 11) is 0. The van der Waals surface area contributed by atoms with E-state index in [-0.39, 0.29) is 0 Å². The fourth-order valence-electron chi connectivity index (χ4n) is 2.08. The Morgan fingerprint density at radius 2 is 2.53 bits per heavy atom. The number of rotatable bonds is 5. The number of β-amino-alcohol motifs (C(OH)–C–C–N with tert-alkyl or cyclic N) is 1. The van der Waals surface area contributed by atoms with E-state index in [0.717, 1.165) is 32.5 Å². The Labute approximate surface area is 106 Å². The summed E-state index contributed by atoms with van der Waals surface area (Å²) in [6.45, 7) is 3.84. The van der Waals surface area contributed by atoms with Gasteiger partial charge in [-0.2, -0.15) is 5.10 Å². The molecule has 1 aliphatic rings. The Kier molecular flexibility index (Phi) is 4.39. The van der Waals surface area contributed by atoms with Gasteiger partial charge in [-0.05, 0) is 19.4 Å². The average Bonchev–Trinajstić information content (AvgIpc) is 2.72. The lowest BCUT2D eigenvalue weighted by atomic mass is 9.94. The highest BCUT2D eigenvalue weighted by molar-refractivity contribution is 6.30. The highest BCUT2D eigenvalue weighted by Gasteiger charge is 2.28. The Balaban J connectivity index is 1.65. The lowest BCUT2D eigenvalue weighted by Gasteiger charge is -2.32. The second-order valence-electron chi connectivity index (χ2n) is 4.60. The summed E-state index contributed by atoms with van der Waals surface area (Å²) in [4.78, 5) is 0. The molecule has 1 fully saturated rings. The predicted molar refractivity (Wildman–Crippen MR) is 67.2 cm³/mol. The fourth-order valence-corrected chi connectivity index (χ4v) is 2.23. The van der Waals surface area contributed by atoms with Gasteiger partial charge in [0.2, 0.25) is 0 Å². The summed E-state index contributed by atoms with van der Waals surface area (Å²) in [5.41, 5.74) is -0.597. The van der Waals surface area contributed by atoms with Gasteiger partial charge in [0, 0.05) is 25.8 Å². The van der Waals surface area contributed by atoms with Crippen LogP contribution in [0.5, 0.6) is 0 Å². The second-order valence-corrected chi connectivity index (χ2v) is 5.04. The Morgan fingerprint density at radius 1 is 1.65 bits per heavy atom. The molecule has 1 saturated heterocycles. The number of hydrogen-bond acceptors (Lipinski definition) is 4. The van der Waals surface area contributed by atoms with Crippen molar-refractivity contribution in [3.63, 3.8) is 0 Å². The van der Waals surface area contributed by atoms with E-state index in [4.69, 9.17) is 11.6 Å². The maximum atomic E-state index is 10.2. The van der Waals surface area contributed by atoms with Crippen LogP contribution in [-0.2, 0) is 6.54 Å². The van der Waals surface area contributed by atoms with Gasteiger partial charge >= 0.3 is 0 Å². The van der Waals surface area contributed by atoms with E-state index in [1.54, 1.807) is 17.1 Å². The van der Waals surface area contributed by atoms with Crippen LogP contribution in [0.1, 0.15) is 12.8 Å². The molecule has 2 rings (SSSR count). The molecule has 96 valence electrons. The minimum Gasteiger partial charge on any atom is -0.387 e. The number of nitrogens with one attached hydrogen (secondary N) is 2. The lowest BCUT2D eigenvalue weighted by Crippen LogP contribution is -2.52. The number of aromatic nitrogens is 2. The maximum Gasteiger partial charge on any atom is 0.0895 e. The third-order valence-electron chi connectivity index (χ3n) is 3.02. The highest BCUT2D eigenvalue weighted by Crippen LogP contribution is 2.14. The van der Waals surface area contributed by atoms with E-state index in [0.29, 0.717) is 18.1 Å². The number of halogens is 1. The average molecular weight is 259 g/mol. The molecule has 3 N–H and O–H groups in total. The molecule has 1 aliphatic heterocycles. The zero-order chi connectivity index (χ0) is 12.1. The first-order valence-corrected chi connectivity index (χ1v) is 6.38. The summed E-state index contributed by atoms with van der Waals surface area (Å²) in [5, 5.41) is 21.4. The minimum absolute atomic E-state index is 0.597. The molecule has 5 nitrogen and oxygen atoms in total. The molecule has 0 spiro atoms. The predicted octanol–water partition coefficient (Wildman–Crippen LogP) is 0.241. The van der Waals surface area contributed by atoms with Crippen molar-refractivity contribution < 1.29 is 5.11 Å². The quantitative estimate of drug-likeness (QED) is 0.663. The molecule has 0 amide bonds. The monoisotopic (exact) mass is 258 g/mol. The van der Waals surface area contributed by atoms with Gasteiger partial charge in [-0.15, -0.1) is 0 Å².